The largest absolute Gasteiger partial charge is 0.365 e. The summed E-state index contributed by atoms with van der Waals surface area (Å²) in [5.41, 5.74) is 8.18. The number of nitrogens with one attached hydrogen (secondary N) is 1. The summed E-state index contributed by atoms with van der Waals surface area (Å²) in [4.78, 5) is 4.39. The smallest absolute Gasteiger partial charge is 0.144 e. The lowest BCUT2D eigenvalue weighted by atomic mass is 10.1. The number of aromatic nitrogens is 1. The van der Waals surface area contributed by atoms with Crippen LogP contribution in [0.3, 0.4) is 0 Å². The van der Waals surface area contributed by atoms with Crippen LogP contribution in [0.2, 0.25) is 0 Å². The Morgan fingerprint density at radius 1 is 1.53 bits per heavy atom. The molecular weight excluding hydrogens is 212 g/mol. The van der Waals surface area contributed by atoms with Crippen molar-refractivity contribution < 1.29 is 0 Å². The van der Waals surface area contributed by atoms with Crippen molar-refractivity contribution >= 4 is 5.82 Å². The van der Waals surface area contributed by atoms with Gasteiger partial charge in [0.2, 0.25) is 0 Å². The molecule has 0 saturated heterocycles. The van der Waals surface area contributed by atoms with E-state index >= 15 is 0 Å². The molecule has 17 heavy (non-hydrogen) atoms. The van der Waals surface area contributed by atoms with Crippen molar-refractivity contribution in [3.63, 3.8) is 0 Å². The van der Waals surface area contributed by atoms with Gasteiger partial charge in [-0.15, -0.1) is 0 Å². The van der Waals surface area contributed by atoms with E-state index in [-0.39, 0.29) is 6.04 Å². The molecule has 0 bridgehead atoms. The Morgan fingerprint density at radius 3 is 2.76 bits per heavy atom. The normalized spacial score (nSPS) is 11.9. The van der Waals surface area contributed by atoms with Crippen molar-refractivity contribution in [2.75, 3.05) is 11.9 Å². The first-order valence-corrected chi connectivity index (χ1v) is 5.97. The van der Waals surface area contributed by atoms with Crippen molar-refractivity contribution in [3.05, 3.63) is 22.9 Å². The molecule has 1 rings (SSSR count). The van der Waals surface area contributed by atoms with E-state index in [1.165, 1.54) is 0 Å². The summed E-state index contributed by atoms with van der Waals surface area (Å²) in [6, 6.07) is 4.30. The molecule has 1 unspecified atom stereocenters. The predicted molar refractivity (Wildman–Crippen MR) is 69.8 cm³/mol. The first-order valence-electron chi connectivity index (χ1n) is 5.97. The molecular formula is C13H20N4. The molecule has 4 heteroatoms. The highest BCUT2D eigenvalue weighted by Gasteiger charge is 2.12. The van der Waals surface area contributed by atoms with Gasteiger partial charge in [-0.3, -0.25) is 0 Å². The van der Waals surface area contributed by atoms with Gasteiger partial charge in [-0.05, 0) is 31.9 Å². The Bertz CT molecular complexity index is 420. The maximum atomic E-state index is 9.14. The second-order valence-corrected chi connectivity index (χ2v) is 4.28. The van der Waals surface area contributed by atoms with Gasteiger partial charge in [0.15, 0.2) is 0 Å². The first-order chi connectivity index (χ1) is 8.12. The maximum Gasteiger partial charge on any atom is 0.144 e. The Kier molecular flexibility index (Phi) is 4.92. The van der Waals surface area contributed by atoms with E-state index in [0.29, 0.717) is 17.9 Å². The zero-order valence-corrected chi connectivity index (χ0v) is 10.7. The molecule has 1 aromatic heterocycles. The van der Waals surface area contributed by atoms with E-state index in [1.807, 2.05) is 19.9 Å². The number of pyridine rings is 1. The van der Waals surface area contributed by atoms with Crippen LogP contribution in [0.4, 0.5) is 5.82 Å². The molecule has 0 spiro atoms. The predicted octanol–water partition coefficient (Wildman–Crippen LogP) is 2.11. The molecule has 0 aliphatic carbocycles. The molecule has 0 radical (unpaired) electrons. The second-order valence-electron chi connectivity index (χ2n) is 4.28. The number of aryl methyl sites for hydroxylation is 2. The second kappa shape index (κ2) is 6.21. The minimum Gasteiger partial charge on any atom is -0.365 e. The van der Waals surface area contributed by atoms with Gasteiger partial charge in [-0.1, -0.05) is 13.3 Å². The summed E-state index contributed by atoms with van der Waals surface area (Å²) in [7, 11) is 0. The average Bonchev–Trinajstić information content (AvgIpc) is 2.28. The Hall–Kier alpha value is -1.60. The first kappa shape index (κ1) is 13.5. The average molecular weight is 232 g/mol. The molecule has 4 nitrogen and oxygen atoms in total. The third-order valence-electron chi connectivity index (χ3n) is 2.72. The van der Waals surface area contributed by atoms with Gasteiger partial charge in [-0.25, -0.2) is 4.98 Å². The maximum absolute atomic E-state index is 9.14. The quantitative estimate of drug-likeness (QED) is 0.815. The van der Waals surface area contributed by atoms with Crippen molar-refractivity contribution in [2.24, 2.45) is 5.73 Å². The lowest BCUT2D eigenvalue weighted by molar-refractivity contribution is 0.645. The van der Waals surface area contributed by atoms with Gasteiger partial charge in [-0.2, -0.15) is 5.26 Å². The molecule has 1 aromatic rings. The highest BCUT2D eigenvalue weighted by molar-refractivity contribution is 5.56. The van der Waals surface area contributed by atoms with Crippen LogP contribution < -0.4 is 11.1 Å². The summed E-state index contributed by atoms with van der Waals surface area (Å²) in [6.45, 7) is 6.52. The Balaban J connectivity index is 3.00. The van der Waals surface area contributed by atoms with Crippen LogP contribution >= 0.6 is 0 Å². The van der Waals surface area contributed by atoms with Crippen LogP contribution in [0, 0.1) is 25.2 Å². The highest BCUT2D eigenvalue weighted by Crippen LogP contribution is 2.18. The molecule has 1 atom stereocenters. The molecule has 0 fully saturated rings. The van der Waals surface area contributed by atoms with Crippen molar-refractivity contribution in [1.82, 2.24) is 4.98 Å². The number of hydrogen-bond acceptors (Lipinski definition) is 4. The Labute approximate surface area is 103 Å². The zero-order chi connectivity index (χ0) is 12.8. The topological polar surface area (TPSA) is 74.7 Å². The van der Waals surface area contributed by atoms with Crippen LogP contribution in [0.5, 0.6) is 0 Å². The van der Waals surface area contributed by atoms with E-state index in [2.05, 4.69) is 23.3 Å². The molecule has 0 aliphatic heterocycles. The Morgan fingerprint density at radius 2 is 2.24 bits per heavy atom. The van der Waals surface area contributed by atoms with Gasteiger partial charge in [0.1, 0.15) is 11.9 Å². The lowest BCUT2D eigenvalue weighted by Gasteiger charge is -2.18. The van der Waals surface area contributed by atoms with Crippen LogP contribution in [0.25, 0.3) is 0 Å². The van der Waals surface area contributed by atoms with E-state index in [0.717, 1.165) is 24.1 Å². The van der Waals surface area contributed by atoms with Crippen molar-refractivity contribution in [1.29, 1.82) is 5.26 Å². The number of hydrogen-bond donors (Lipinski definition) is 2. The zero-order valence-electron chi connectivity index (χ0n) is 10.7. The fourth-order valence-electron chi connectivity index (χ4n) is 1.87. The monoisotopic (exact) mass is 232 g/mol. The van der Waals surface area contributed by atoms with E-state index in [9.17, 15) is 0 Å². The summed E-state index contributed by atoms with van der Waals surface area (Å²) in [5, 5.41) is 12.4. The minimum atomic E-state index is 0.181. The molecule has 0 aromatic carbocycles. The van der Waals surface area contributed by atoms with Gasteiger partial charge in [0.05, 0.1) is 5.56 Å². The van der Waals surface area contributed by atoms with E-state index in [4.69, 9.17) is 11.0 Å². The summed E-state index contributed by atoms with van der Waals surface area (Å²) < 4.78 is 0. The van der Waals surface area contributed by atoms with Crippen molar-refractivity contribution in [2.45, 2.75) is 39.7 Å². The number of nitrogens with two attached hydrogens (primary N) is 1. The standard InChI is InChI=1S/C13H20N4/c1-4-5-11(7-14)17-13-12(8-15)9(2)6-10(3)16-13/h6,11H,4-5,7,14H2,1-3H3,(H,16,17). The molecule has 1 heterocycles. The van der Waals surface area contributed by atoms with Gasteiger partial charge in [0, 0.05) is 18.3 Å². The lowest BCUT2D eigenvalue weighted by Crippen LogP contribution is -2.29. The minimum absolute atomic E-state index is 0.181. The number of nitrogens with zero attached hydrogens (tertiary/aromatic N) is 2. The summed E-state index contributed by atoms with van der Waals surface area (Å²) in [6.07, 6.45) is 2.04. The SMILES string of the molecule is CCCC(CN)Nc1nc(C)cc(C)c1C#N. The summed E-state index contributed by atoms with van der Waals surface area (Å²) in [5.74, 6) is 0.661. The van der Waals surface area contributed by atoms with Gasteiger partial charge < -0.3 is 11.1 Å². The molecule has 0 aliphatic rings. The van der Waals surface area contributed by atoms with Crippen LogP contribution in [-0.4, -0.2) is 17.6 Å². The molecule has 3 N–H and O–H groups in total. The van der Waals surface area contributed by atoms with Gasteiger partial charge in [0.25, 0.3) is 0 Å². The molecule has 0 amide bonds. The van der Waals surface area contributed by atoms with Crippen LogP contribution in [0.1, 0.15) is 36.6 Å². The van der Waals surface area contributed by atoms with Gasteiger partial charge >= 0.3 is 0 Å². The molecule has 0 saturated carbocycles. The fraction of sp³-hybridized carbons (Fsp3) is 0.538. The van der Waals surface area contributed by atoms with E-state index in [1.54, 1.807) is 0 Å². The third kappa shape index (κ3) is 3.43. The summed E-state index contributed by atoms with van der Waals surface area (Å²) >= 11 is 0. The van der Waals surface area contributed by atoms with Crippen molar-refractivity contribution in [3.8, 4) is 6.07 Å². The number of rotatable bonds is 5. The van der Waals surface area contributed by atoms with Crippen LogP contribution in [-0.2, 0) is 0 Å². The number of nitriles is 1. The highest BCUT2D eigenvalue weighted by atomic mass is 15.0. The molecule has 92 valence electrons. The number of anilines is 1. The fourth-order valence-corrected chi connectivity index (χ4v) is 1.87. The van der Waals surface area contributed by atoms with E-state index < -0.39 is 0 Å². The van der Waals surface area contributed by atoms with Crippen LogP contribution in [0.15, 0.2) is 6.07 Å². The third-order valence-corrected chi connectivity index (χ3v) is 2.72.